The number of aromatic nitrogens is 2. The van der Waals surface area contributed by atoms with E-state index < -0.39 is 5.97 Å². The summed E-state index contributed by atoms with van der Waals surface area (Å²) >= 11 is 7.54. The number of hydrogen-bond donors (Lipinski definition) is 1. The molecule has 1 aliphatic heterocycles. The van der Waals surface area contributed by atoms with Gasteiger partial charge in [0.25, 0.3) is 0 Å². The van der Waals surface area contributed by atoms with Crippen LogP contribution in [0, 0.1) is 0 Å². The maximum Gasteiger partial charge on any atom is 0.335 e. The fourth-order valence-corrected chi connectivity index (χ4v) is 3.53. The average Bonchev–Trinajstić information content (AvgIpc) is 2.60. The standard InChI is InChI=1S/C17H16ClN3O3S/c18-14-9-15(21-7-5-13(22)6-8-21)20-17(19-14)25-10-11-1-3-12(4-2-11)16(23)24/h1-4,9H,5-8,10H2,(H,23,24). The smallest absolute Gasteiger partial charge is 0.335 e. The highest BCUT2D eigenvalue weighted by Gasteiger charge is 2.18. The maximum absolute atomic E-state index is 11.4. The van der Waals surface area contributed by atoms with Crippen molar-refractivity contribution in [2.75, 3.05) is 18.0 Å². The van der Waals surface area contributed by atoms with Gasteiger partial charge in [-0.05, 0) is 17.7 Å². The van der Waals surface area contributed by atoms with Gasteiger partial charge in [0.1, 0.15) is 16.8 Å². The molecular formula is C17H16ClN3O3S. The number of carboxylic acids is 1. The molecule has 2 aromatic rings. The second-order valence-corrected chi connectivity index (χ2v) is 6.98. The molecule has 1 aromatic carbocycles. The van der Waals surface area contributed by atoms with Gasteiger partial charge in [0.05, 0.1) is 5.56 Å². The molecule has 25 heavy (non-hydrogen) atoms. The van der Waals surface area contributed by atoms with Crippen molar-refractivity contribution in [1.29, 1.82) is 0 Å². The van der Waals surface area contributed by atoms with E-state index in [2.05, 4.69) is 9.97 Å². The van der Waals surface area contributed by atoms with Crippen LogP contribution in [0.2, 0.25) is 5.15 Å². The van der Waals surface area contributed by atoms with E-state index in [1.165, 1.54) is 11.8 Å². The highest BCUT2D eigenvalue weighted by molar-refractivity contribution is 7.98. The number of carbonyl (C=O) groups is 2. The van der Waals surface area contributed by atoms with Crippen molar-refractivity contribution in [2.24, 2.45) is 0 Å². The minimum Gasteiger partial charge on any atom is -0.478 e. The van der Waals surface area contributed by atoms with Crippen LogP contribution in [-0.2, 0) is 10.5 Å². The zero-order chi connectivity index (χ0) is 17.8. The van der Waals surface area contributed by atoms with Crippen LogP contribution < -0.4 is 4.90 Å². The summed E-state index contributed by atoms with van der Waals surface area (Å²) in [5.41, 5.74) is 1.23. The number of anilines is 1. The SMILES string of the molecule is O=C1CCN(c2cc(Cl)nc(SCc3ccc(C(=O)O)cc3)n2)CC1. The lowest BCUT2D eigenvalue weighted by molar-refractivity contribution is -0.119. The lowest BCUT2D eigenvalue weighted by Crippen LogP contribution is -2.34. The number of carbonyl (C=O) groups excluding carboxylic acids is 1. The number of aromatic carboxylic acids is 1. The van der Waals surface area contributed by atoms with Crippen LogP contribution in [0.25, 0.3) is 0 Å². The Labute approximate surface area is 154 Å². The normalized spacial score (nSPS) is 14.6. The van der Waals surface area contributed by atoms with Crippen molar-refractivity contribution in [3.8, 4) is 0 Å². The number of carboxylic acid groups (broad SMARTS) is 1. The second-order valence-electron chi connectivity index (χ2n) is 5.65. The van der Waals surface area contributed by atoms with Crippen LogP contribution >= 0.6 is 23.4 Å². The van der Waals surface area contributed by atoms with Crippen molar-refractivity contribution >= 4 is 40.9 Å². The van der Waals surface area contributed by atoms with Gasteiger partial charge in [-0.15, -0.1) is 0 Å². The van der Waals surface area contributed by atoms with Crippen LogP contribution in [0.3, 0.4) is 0 Å². The molecule has 6 nitrogen and oxygen atoms in total. The molecule has 0 atom stereocenters. The molecule has 0 amide bonds. The Balaban J connectivity index is 1.68. The van der Waals surface area contributed by atoms with Crippen molar-refractivity contribution in [1.82, 2.24) is 9.97 Å². The van der Waals surface area contributed by atoms with Crippen LogP contribution in [0.1, 0.15) is 28.8 Å². The Bertz CT molecular complexity index is 788. The lowest BCUT2D eigenvalue weighted by atomic mass is 10.1. The number of nitrogens with zero attached hydrogens (tertiary/aromatic N) is 3. The van der Waals surface area contributed by atoms with E-state index in [0.29, 0.717) is 42.0 Å². The van der Waals surface area contributed by atoms with Crippen LogP contribution in [-0.4, -0.2) is 39.9 Å². The van der Waals surface area contributed by atoms with Gasteiger partial charge in [0.2, 0.25) is 0 Å². The van der Waals surface area contributed by atoms with Gasteiger partial charge in [0.15, 0.2) is 5.16 Å². The summed E-state index contributed by atoms with van der Waals surface area (Å²) in [7, 11) is 0. The lowest BCUT2D eigenvalue weighted by Gasteiger charge is -2.27. The highest BCUT2D eigenvalue weighted by atomic mass is 35.5. The maximum atomic E-state index is 11.4. The van der Waals surface area contributed by atoms with Crippen molar-refractivity contribution in [3.63, 3.8) is 0 Å². The third-order valence-electron chi connectivity index (χ3n) is 3.87. The molecule has 0 unspecified atom stereocenters. The Hall–Kier alpha value is -2.12. The number of thioether (sulfide) groups is 1. The van der Waals surface area contributed by atoms with Gasteiger partial charge >= 0.3 is 5.97 Å². The third kappa shape index (κ3) is 4.70. The Morgan fingerprint density at radius 1 is 1.20 bits per heavy atom. The minimum absolute atomic E-state index is 0.259. The van der Waals surface area contributed by atoms with Crippen molar-refractivity contribution in [2.45, 2.75) is 23.8 Å². The molecule has 1 fully saturated rings. The van der Waals surface area contributed by atoms with Gasteiger partial charge in [0, 0.05) is 37.8 Å². The molecule has 0 bridgehead atoms. The predicted octanol–water partition coefficient (Wildman–Crippen LogP) is 3.29. The molecule has 0 saturated carbocycles. The van der Waals surface area contributed by atoms with Gasteiger partial charge in [-0.3, -0.25) is 4.79 Å². The molecule has 3 rings (SSSR count). The monoisotopic (exact) mass is 377 g/mol. The van der Waals surface area contributed by atoms with Gasteiger partial charge in [-0.2, -0.15) is 0 Å². The van der Waals surface area contributed by atoms with E-state index in [-0.39, 0.29) is 11.3 Å². The first-order valence-electron chi connectivity index (χ1n) is 7.77. The molecule has 1 saturated heterocycles. The summed E-state index contributed by atoms with van der Waals surface area (Å²) in [5.74, 6) is 0.673. The average molecular weight is 378 g/mol. The topological polar surface area (TPSA) is 83.4 Å². The minimum atomic E-state index is -0.943. The molecule has 1 aliphatic rings. The summed E-state index contributed by atoms with van der Waals surface area (Å²) < 4.78 is 0. The van der Waals surface area contributed by atoms with Gasteiger partial charge in [-0.1, -0.05) is 35.5 Å². The van der Waals surface area contributed by atoms with Crippen LogP contribution in [0.4, 0.5) is 5.82 Å². The van der Waals surface area contributed by atoms with Crippen LogP contribution in [0.5, 0.6) is 0 Å². The van der Waals surface area contributed by atoms with E-state index in [1.54, 1.807) is 30.3 Å². The fourth-order valence-electron chi connectivity index (χ4n) is 2.49. The van der Waals surface area contributed by atoms with Gasteiger partial charge < -0.3 is 10.0 Å². The molecule has 0 spiro atoms. The number of rotatable bonds is 5. The zero-order valence-corrected chi connectivity index (χ0v) is 14.9. The molecule has 2 heterocycles. The Morgan fingerprint density at radius 2 is 1.88 bits per heavy atom. The van der Waals surface area contributed by atoms with E-state index in [0.717, 1.165) is 11.4 Å². The number of halogens is 1. The summed E-state index contributed by atoms with van der Waals surface area (Å²) in [6.07, 6.45) is 1.06. The first-order valence-corrected chi connectivity index (χ1v) is 9.14. The summed E-state index contributed by atoms with van der Waals surface area (Å²) in [5, 5.41) is 9.84. The Morgan fingerprint density at radius 3 is 2.52 bits per heavy atom. The largest absolute Gasteiger partial charge is 0.478 e. The number of hydrogen-bond acceptors (Lipinski definition) is 6. The van der Waals surface area contributed by atoms with Crippen molar-refractivity contribution in [3.05, 3.63) is 46.6 Å². The van der Waals surface area contributed by atoms with E-state index in [9.17, 15) is 9.59 Å². The molecule has 1 aromatic heterocycles. The molecule has 8 heteroatoms. The van der Waals surface area contributed by atoms with Gasteiger partial charge in [-0.25, -0.2) is 14.8 Å². The molecule has 0 radical (unpaired) electrons. The van der Waals surface area contributed by atoms with Crippen molar-refractivity contribution < 1.29 is 14.7 Å². The molecular weight excluding hydrogens is 362 g/mol. The first-order chi connectivity index (χ1) is 12.0. The Kier molecular flexibility index (Phi) is 5.55. The zero-order valence-electron chi connectivity index (χ0n) is 13.3. The quantitative estimate of drug-likeness (QED) is 0.486. The van der Waals surface area contributed by atoms with E-state index in [4.69, 9.17) is 16.7 Å². The summed E-state index contributed by atoms with van der Waals surface area (Å²) in [6, 6.07) is 8.42. The fraction of sp³-hybridized carbons (Fsp3) is 0.294. The number of piperidine rings is 1. The third-order valence-corrected chi connectivity index (χ3v) is 4.99. The predicted molar refractivity (Wildman–Crippen MR) is 96.5 cm³/mol. The molecule has 1 N–H and O–H groups in total. The highest BCUT2D eigenvalue weighted by Crippen LogP contribution is 2.26. The van der Waals surface area contributed by atoms with E-state index >= 15 is 0 Å². The number of ketones is 1. The first kappa shape index (κ1) is 17.7. The number of Topliss-reactive ketones (excluding diaryl/α,β-unsaturated/α-hetero) is 1. The molecule has 0 aliphatic carbocycles. The molecule has 130 valence electrons. The van der Waals surface area contributed by atoms with E-state index in [1.807, 2.05) is 4.90 Å². The van der Waals surface area contributed by atoms with Crippen LogP contribution in [0.15, 0.2) is 35.5 Å². The second kappa shape index (κ2) is 7.84. The number of benzene rings is 1. The summed E-state index contributed by atoms with van der Waals surface area (Å²) in [4.78, 5) is 33.1. The summed E-state index contributed by atoms with van der Waals surface area (Å²) in [6.45, 7) is 1.29.